The summed E-state index contributed by atoms with van der Waals surface area (Å²) in [7, 11) is 1.98. The van der Waals surface area contributed by atoms with Crippen LogP contribution in [0.25, 0.3) is 11.3 Å². The molecule has 0 aromatic carbocycles. The summed E-state index contributed by atoms with van der Waals surface area (Å²) < 4.78 is 1.89. The molecule has 0 aliphatic carbocycles. The van der Waals surface area contributed by atoms with Crippen molar-refractivity contribution in [1.82, 2.24) is 25.0 Å². The Hall–Kier alpha value is -1.43. The molecular weight excluding hydrogens is 286 g/mol. The standard InChI is InChI=1S/C15H21N5.ClH/c1-12-9-20(7-6-17-12)11-14-10-19(2)18-15(14)13-4-3-5-16-8-13;/h3-5,8,10,12,17H,6-7,9,11H2,1-2H3;1H/t12-;/m0./s1. The highest BCUT2D eigenvalue weighted by atomic mass is 35.5. The van der Waals surface area contributed by atoms with E-state index in [2.05, 4.69) is 39.5 Å². The van der Waals surface area contributed by atoms with Crippen molar-refractivity contribution >= 4 is 12.4 Å². The summed E-state index contributed by atoms with van der Waals surface area (Å²) in [6.45, 7) is 6.41. The van der Waals surface area contributed by atoms with Crippen molar-refractivity contribution in [3.8, 4) is 11.3 Å². The molecule has 1 fully saturated rings. The average molecular weight is 308 g/mol. The Morgan fingerprint density at radius 2 is 2.29 bits per heavy atom. The van der Waals surface area contributed by atoms with Gasteiger partial charge in [-0.3, -0.25) is 14.6 Å². The van der Waals surface area contributed by atoms with Crippen molar-refractivity contribution in [2.45, 2.75) is 19.5 Å². The minimum atomic E-state index is 0. The maximum absolute atomic E-state index is 4.60. The van der Waals surface area contributed by atoms with Gasteiger partial charge in [0.05, 0.1) is 5.69 Å². The predicted octanol–water partition coefficient (Wildman–Crippen LogP) is 1.70. The van der Waals surface area contributed by atoms with E-state index in [0.717, 1.165) is 37.4 Å². The molecule has 0 saturated carbocycles. The lowest BCUT2D eigenvalue weighted by Gasteiger charge is -2.31. The van der Waals surface area contributed by atoms with E-state index in [1.54, 1.807) is 6.20 Å². The highest BCUT2D eigenvalue weighted by molar-refractivity contribution is 5.85. The lowest BCUT2D eigenvalue weighted by molar-refractivity contribution is 0.200. The molecule has 1 saturated heterocycles. The highest BCUT2D eigenvalue weighted by Gasteiger charge is 2.18. The summed E-state index contributed by atoms with van der Waals surface area (Å²) in [5.74, 6) is 0. The number of aryl methyl sites for hydroxylation is 1. The molecule has 0 unspecified atom stereocenters. The zero-order valence-electron chi connectivity index (χ0n) is 12.5. The van der Waals surface area contributed by atoms with Gasteiger partial charge in [-0.25, -0.2) is 0 Å². The molecule has 3 heterocycles. The smallest absolute Gasteiger partial charge is 0.0983 e. The Balaban J connectivity index is 0.00000161. The largest absolute Gasteiger partial charge is 0.312 e. The fraction of sp³-hybridized carbons (Fsp3) is 0.467. The zero-order valence-corrected chi connectivity index (χ0v) is 13.3. The van der Waals surface area contributed by atoms with Crippen molar-refractivity contribution in [2.75, 3.05) is 19.6 Å². The van der Waals surface area contributed by atoms with E-state index in [9.17, 15) is 0 Å². The van der Waals surface area contributed by atoms with E-state index in [4.69, 9.17) is 0 Å². The first kappa shape index (κ1) is 15.9. The second-order valence-electron chi connectivity index (χ2n) is 5.51. The second kappa shape index (κ2) is 7.02. The summed E-state index contributed by atoms with van der Waals surface area (Å²) in [4.78, 5) is 6.68. The first-order valence-corrected chi connectivity index (χ1v) is 7.11. The molecule has 5 nitrogen and oxygen atoms in total. The predicted molar refractivity (Wildman–Crippen MR) is 86.4 cm³/mol. The summed E-state index contributed by atoms with van der Waals surface area (Å²) in [5.41, 5.74) is 3.41. The molecule has 1 aliphatic rings. The van der Waals surface area contributed by atoms with E-state index in [-0.39, 0.29) is 12.4 Å². The molecule has 0 amide bonds. The van der Waals surface area contributed by atoms with E-state index in [1.807, 2.05) is 24.0 Å². The SMILES string of the molecule is C[C@H]1CN(Cc2cn(C)nc2-c2cccnc2)CCN1.Cl. The maximum atomic E-state index is 4.60. The highest BCUT2D eigenvalue weighted by Crippen LogP contribution is 2.22. The summed E-state index contributed by atoms with van der Waals surface area (Å²) in [6, 6.07) is 4.59. The molecule has 1 atom stereocenters. The molecule has 6 heteroatoms. The number of hydrogen-bond donors (Lipinski definition) is 1. The van der Waals surface area contributed by atoms with Crippen LogP contribution in [0.4, 0.5) is 0 Å². The van der Waals surface area contributed by atoms with Crippen molar-refractivity contribution in [3.63, 3.8) is 0 Å². The minimum Gasteiger partial charge on any atom is -0.312 e. The van der Waals surface area contributed by atoms with Gasteiger partial charge in [0.2, 0.25) is 0 Å². The van der Waals surface area contributed by atoms with E-state index in [1.165, 1.54) is 5.56 Å². The third-order valence-electron chi connectivity index (χ3n) is 3.69. The van der Waals surface area contributed by atoms with Gasteiger partial charge in [-0.2, -0.15) is 5.10 Å². The molecule has 3 rings (SSSR count). The van der Waals surface area contributed by atoms with Gasteiger partial charge >= 0.3 is 0 Å². The van der Waals surface area contributed by atoms with Crippen LogP contribution in [0.3, 0.4) is 0 Å². The van der Waals surface area contributed by atoms with Crippen molar-refractivity contribution in [2.24, 2.45) is 7.05 Å². The van der Waals surface area contributed by atoms with Gasteiger partial charge in [0, 0.05) is 69.0 Å². The van der Waals surface area contributed by atoms with Gasteiger partial charge in [0.1, 0.15) is 0 Å². The number of halogens is 1. The van der Waals surface area contributed by atoms with Crippen LogP contribution < -0.4 is 5.32 Å². The molecular formula is C15H22ClN5. The third-order valence-corrected chi connectivity index (χ3v) is 3.69. The van der Waals surface area contributed by atoms with Crippen molar-refractivity contribution in [3.05, 3.63) is 36.3 Å². The number of aromatic nitrogens is 3. The monoisotopic (exact) mass is 307 g/mol. The number of nitrogens with one attached hydrogen (secondary N) is 1. The second-order valence-corrected chi connectivity index (χ2v) is 5.51. The van der Waals surface area contributed by atoms with Gasteiger partial charge in [0.15, 0.2) is 0 Å². The lowest BCUT2D eigenvalue weighted by Crippen LogP contribution is -2.48. The fourth-order valence-corrected chi connectivity index (χ4v) is 2.80. The minimum absolute atomic E-state index is 0. The van der Waals surface area contributed by atoms with Crippen LogP contribution in [0.15, 0.2) is 30.7 Å². The Kier molecular flexibility index (Phi) is 5.33. The Bertz CT molecular complexity index is 569. The lowest BCUT2D eigenvalue weighted by atomic mass is 10.1. The maximum Gasteiger partial charge on any atom is 0.0983 e. The zero-order chi connectivity index (χ0) is 13.9. The molecule has 1 N–H and O–H groups in total. The van der Waals surface area contributed by atoms with Crippen LogP contribution >= 0.6 is 12.4 Å². The summed E-state index contributed by atoms with van der Waals surface area (Å²) >= 11 is 0. The van der Waals surface area contributed by atoms with Crippen LogP contribution in [0.1, 0.15) is 12.5 Å². The van der Waals surface area contributed by atoms with Crippen LogP contribution in [0, 0.1) is 0 Å². The van der Waals surface area contributed by atoms with Crippen LogP contribution in [0.2, 0.25) is 0 Å². The first-order chi connectivity index (χ1) is 9.72. The molecule has 0 bridgehead atoms. The number of hydrogen-bond acceptors (Lipinski definition) is 4. The van der Waals surface area contributed by atoms with Crippen LogP contribution in [-0.4, -0.2) is 45.3 Å². The average Bonchev–Trinajstić information content (AvgIpc) is 2.80. The van der Waals surface area contributed by atoms with Crippen LogP contribution in [-0.2, 0) is 13.6 Å². The van der Waals surface area contributed by atoms with Crippen LogP contribution in [0.5, 0.6) is 0 Å². The Labute approximate surface area is 131 Å². The van der Waals surface area contributed by atoms with Gasteiger partial charge in [-0.15, -0.1) is 12.4 Å². The normalized spacial score (nSPS) is 19.2. The first-order valence-electron chi connectivity index (χ1n) is 7.11. The fourth-order valence-electron chi connectivity index (χ4n) is 2.80. The molecule has 114 valence electrons. The quantitative estimate of drug-likeness (QED) is 0.937. The molecule has 2 aromatic rings. The summed E-state index contributed by atoms with van der Waals surface area (Å²) in [5, 5.41) is 8.08. The molecule has 1 aliphatic heterocycles. The van der Waals surface area contributed by atoms with Gasteiger partial charge in [0.25, 0.3) is 0 Å². The van der Waals surface area contributed by atoms with Gasteiger partial charge in [-0.05, 0) is 19.1 Å². The number of piperazine rings is 1. The number of nitrogens with zero attached hydrogens (tertiary/aromatic N) is 4. The Morgan fingerprint density at radius 1 is 1.43 bits per heavy atom. The van der Waals surface area contributed by atoms with Gasteiger partial charge in [-0.1, -0.05) is 0 Å². The summed E-state index contributed by atoms with van der Waals surface area (Å²) in [6.07, 6.45) is 5.80. The third kappa shape index (κ3) is 3.81. The topological polar surface area (TPSA) is 46.0 Å². The molecule has 0 radical (unpaired) electrons. The van der Waals surface area contributed by atoms with E-state index in [0.29, 0.717) is 6.04 Å². The van der Waals surface area contributed by atoms with E-state index < -0.39 is 0 Å². The molecule has 0 spiro atoms. The molecule has 21 heavy (non-hydrogen) atoms. The number of rotatable bonds is 3. The Morgan fingerprint density at radius 3 is 3.00 bits per heavy atom. The number of pyridine rings is 1. The van der Waals surface area contributed by atoms with Crippen molar-refractivity contribution in [1.29, 1.82) is 0 Å². The van der Waals surface area contributed by atoms with Gasteiger partial charge < -0.3 is 5.32 Å². The van der Waals surface area contributed by atoms with Crippen molar-refractivity contribution < 1.29 is 0 Å². The van der Waals surface area contributed by atoms with E-state index >= 15 is 0 Å². The molecule has 2 aromatic heterocycles.